The lowest BCUT2D eigenvalue weighted by Gasteiger charge is -2.18. The molecule has 4 unspecified atom stereocenters. The third kappa shape index (κ3) is 3.83. The minimum absolute atomic E-state index is 0.146. The summed E-state index contributed by atoms with van der Waals surface area (Å²) in [6, 6.07) is 8.08. The van der Waals surface area contributed by atoms with Gasteiger partial charge in [-0.2, -0.15) is 0 Å². The Balaban J connectivity index is 1.34. The Bertz CT molecular complexity index is 1190. The number of hydrogen-bond donors (Lipinski definition) is 1. The van der Waals surface area contributed by atoms with Crippen molar-refractivity contribution in [2.75, 3.05) is 27.3 Å². The third-order valence-electron chi connectivity index (χ3n) is 5.59. The first-order valence-electron chi connectivity index (χ1n) is 10.1. The molecule has 2 fully saturated rings. The molecule has 4 atom stereocenters. The number of fused-ring (bicyclic) bond motifs is 2. The monoisotopic (exact) mass is 444 g/mol. The number of pyridine rings is 1. The molecule has 1 N–H and O–H groups in total. The van der Waals surface area contributed by atoms with Crippen LogP contribution in [0, 0.1) is 0 Å². The van der Waals surface area contributed by atoms with Gasteiger partial charge in [-0.05, 0) is 26.2 Å². The second-order valence-electron chi connectivity index (χ2n) is 8.15. The van der Waals surface area contributed by atoms with E-state index >= 15 is 0 Å². The molecule has 0 spiro atoms. The molecule has 0 bridgehead atoms. The SMILES string of the molecule is CN(C)Cc1cn(C2COC3C(NS(=O)(=O)c4cccc5cccnc45)COC32)nn1. The molecule has 2 aliphatic rings. The van der Waals surface area contributed by atoms with Crippen LogP contribution < -0.4 is 4.72 Å². The van der Waals surface area contributed by atoms with E-state index in [0.29, 0.717) is 18.7 Å². The number of para-hydroxylation sites is 1. The van der Waals surface area contributed by atoms with Gasteiger partial charge in [0.05, 0.1) is 36.7 Å². The molecule has 0 amide bonds. The maximum Gasteiger partial charge on any atom is 0.243 e. The normalized spacial score (nSPS) is 26.0. The Morgan fingerprint density at radius 1 is 1.16 bits per heavy atom. The van der Waals surface area contributed by atoms with Gasteiger partial charge in [-0.25, -0.2) is 17.8 Å². The highest BCUT2D eigenvalue weighted by Gasteiger charge is 2.50. The van der Waals surface area contributed by atoms with Gasteiger partial charge in [-0.1, -0.05) is 23.4 Å². The molecule has 3 aromatic rings. The van der Waals surface area contributed by atoms with Crippen LogP contribution in [0.2, 0.25) is 0 Å². The number of ether oxygens (including phenoxy) is 2. The Kier molecular flexibility index (Phi) is 5.22. The molecule has 0 radical (unpaired) electrons. The summed E-state index contributed by atoms with van der Waals surface area (Å²) in [6.45, 7) is 1.29. The van der Waals surface area contributed by atoms with Crippen LogP contribution in [0.15, 0.2) is 47.6 Å². The molecular weight excluding hydrogens is 420 g/mol. The number of nitrogens with zero attached hydrogens (tertiary/aromatic N) is 5. The number of sulfonamides is 1. The molecule has 0 saturated carbocycles. The lowest BCUT2D eigenvalue weighted by atomic mass is 10.1. The largest absolute Gasteiger partial charge is 0.371 e. The lowest BCUT2D eigenvalue weighted by molar-refractivity contribution is 0.0624. The Morgan fingerprint density at radius 2 is 1.97 bits per heavy atom. The molecule has 5 rings (SSSR count). The third-order valence-corrected chi connectivity index (χ3v) is 7.12. The fourth-order valence-electron chi connectivity index (χ4n) is 4.23. The zero-order chi connectivity index (χ0) is 21.6. The number of rotatable bonds is 6. The number of hydrogen-bond acceptors (Lipinski definition) is 8. The standard InChI is InChI=1S/C20H24N6O4S/c1-25(2)9-14-10-26(24-22-14)16-12-30-19-15(11-29-20(16)19)23-31(27,28)17-7-3-5-13-6-4-8-21-18(13)17/h3-8,10,15-16,19-20,23H,9,11-12H2,1-2H3. The van der Waals surface area contributed by atoms with Gasteiger partial charge in [0, 0.05) is 18.1 Å². The summed E-state index contributed by atoms with van der Waals surface area (Å²) in [5, 5.41) is 9.20. The molecule has 2 saturated heterocycles. The smallest absolute Gasteiger partial charge is 0.243 e. The summed E-state index contributed by atoms with van der Waals surface area (Å²) in [5.74, 6) is 0. The highest BCUT2D eigenvalue weighted by Crippen LogP contribution is 2.34. The van der Waals surface area contributed by atoms with Crippen molar-refractivity contribution >= 4 is 20.9 Å². The summed E-state index contributed by atoms with van der Waals surface area (Å²) in [5.41, 5.74) is 1.29. The lowest BCUT2D eigenvalue weighted by Crippen LogP contribution is -2.44. The van der Waals surface area contributed by atoms with Crippen molar-refractivity contribution in [2.45, 2.75) is 35.7 Å². The van der Waals surface area contributed by atoms with Gasteiger partial charge in [0.25, 0.3) is 0 Å². The predicted molar refractivity (Wildman–Crippen MR) is 112 cm³/mol. The molecule has 4 heterocycles. The molecule has 2 aliphatic heterocycles. The fraction of sp³-hybridized carbons (Fsp3) is 0.450. The van der Waals surface area contributed by atoms with Gasteiger partial charge in [0.15, 0.2) is 0 Å². The fourth-order valence-corrected chi connectivity index (χ4v) is 5.65. The average Bonchev–Trinajstić information content (AvgIpc) is 3.45. The van der Waals surface area contributed by atoms with E-state index in [-0.39, 0.29) is 23.6 Å². The second kappa shape index (κ2) is 7.92. The molecule has 10 nitrogen and oxygen atoms in total. The average molecular weight is 445 g/mol. The van der Waals surface area contributed by atoms with Crippen LogP contribution in [0.25, 0.3) is 10.9 Å². The van der Waals surface area contributed by atoms with Crippen molar-refractivity contribution in [3.8, 4) is 0 Å². The minimum atomic E-state index is -3.81. The van der Waals surface area contributed by atoms with Gasteiger partial charge < -0.3 is 14.4 Å². The topological polar surface area (TPSA) is 111 Å². The summed E-state index contributed by atoms with van der Waals surface area (Å²) >= 11 is 0. The first-order valence-corrected chi connectivity index (χ1v) is 11.6. The van der Waals surface area contributed by atoms with E-state index in [2.05, 4.69) is 20.0 Å². The Labute approximate surface area is 180 Å². The number of benzene rings is 1. The van der Waals surface area contributed by atoms with Crippen molar-refractivity contribution in [1.82, 2.24) is 29.6 Å². The van der Waals surface area contributed by atoms with E-state index in [1.54, 1.807) is 29.1 Å². The van der Waals surface area contributed by atoms with Crippen LogP contribution in [0.1, 0.15) is 11.7 Å². The van der Waals surface area contributed by atoms with Gasteiger partial charge in [0.2, 0.25) is 10.0 Å². The van der Waals surface area contributed by atoms with Crippen LogP contribution >= 0.6 is 0 Å². The molecule has 1 aromatic carbocycles. The van der Waals surface area contributed by atoms with Crippen LogP contribution in [0.3, 0.4) is 0 Å². The van der Waals surface area contributed by atoms with Gasteiger partial charge in [-0.15, -0.1) is 5.10 Å². The van der Waals surface area contributed by atoms with Crippen LogP contribution in [-0.2, 0) is 26.0 Å². The van der Waals surface area contributed by atoms with E-state index < -0.39 is 22.2 Å². The molecule has 164 valence electrons. The molecule has 2 aromatic heterocycles. The van der Waals surface area contributed by atoms with Crippen molar-refractivity contribution in [1.29, 1.82) is 0 Å². The number of nitrogens with one attached hydrogen (secondary N) is 1. The van der Waals surface area contributed by atoms with E-state index in [1.807, 2.05) is 37.3 Å². The molecule has 0 aliphatic carbocycles. The predicted octanol–water partition coefficient (Wildman–Crippen LogP) is 0.574. The van der Waals surface area contributed by atoms with Crippen molar-refractivity contribution in [3.05, 3.63) is 48.4 Å². The first-order chi connectivity index (χ1) is 14.9. The highest BCUT2D eigenvalue weighted by atomic mass is 32.2. The van der Waals surface area contributed by atoms with Gasteiger partial charge >= 0.3 is 0 Å². The van der Waals surface area contributed by atoms with E-state index in [1.165, 1.54) is 0 Å². The molecule has 11 heteroatoms. The summed E-state index contributed by atoms with van der Waals surface area (Å²) in [6.07, 6.45) is 2.78. The van der Waals surface area contributed by atoms with Gasteiger partial charge in [0.1, 0.15) is 23.1 Å². The van der Waals surface area contributed by atoms with E-state index in [9.17, 15) is 8.42 Å². The van der Waals surface area contributed by atoms with Crippen LogP contribution in [-0.4, -0.2) is 78.9 Å². The summed E-state index contributed by atoms with van der Waals surface area (Å²) in [7, 11) is 0.123. The zero-order valence-corrected chi connectivity index (χ0v) is 18.1. The first kappa shape index (κ1) is 20.5. The van der Waals surface area contributed by atoms with Crippen molar-refractivity contribution < 1.29 is 17.9 Å². The zero-order valence-electron chi connectivity index (χ0n) is 17.2. The summed E-state index contributed by atoms with van der Waals surface area (Å²) in [4.78, 5) is 6.42. The molecule has 31 heavy (non-hydrogen) atoms. The van der Waals surface area contributed by atoms with E-state index in [4.69, 9.17) is 9.47 Å². The highest BCUT2D eigenvalue weighted by molar-refractivity contribution is 7.89. The number of aromatic nitrogens is 4. The van der Waals surface area contributed by atoms with Crippen LogP contribution in [0.4, 0.5) is 0 Å². The van der Waals surface area contributed by atoms with E-state index in [0.717, 1.165) is 11.1 Å². The summed E-state index contributed by atoms with van der Waals surface area (Å²) < 4.78 is 42.7. The second-order valence-corrected chi connectivity index (χ2v) is 9.83. The maximum absolute atomic E-state index is 13.2. The van der Waals surface area contributed by atoms with Crippen molar-refractivity contribution in [3.63, 3.8) is 0 Å². The quantitative estimate of drug-likeness (QED) is 0.588. The van der Waals surface area contributed by atoms with Crippen molar-refractivity contribution in [2.24, 2.45) is 0 Å². The molecular formula is C20H24N6O4S. The minimum Gasteiger partial charge on any atom is -0.371 e. The van der Waals surface area contributed by atoms with Crippen LogP contribution in [0.5, 0.6) is 0 Å². The Morgan fingerprint density at radius 3 is 2.81 bits per heavy atom. The Hall–Kier alpha value is -2.44. The van der Waals surface area contributed by atoms with Gasteiger partial charge in [-0.3, -0.25) is 4.98 Å². The maximum atomic E-state index is 13.2.